The summed E-state index contributed by atoms with van der Waals surface area (Å²) in [5, 5.41) is 0. The maximum absolute atomic E-state index is 4.08. The van der Waals surface area contributed by atoms with E-state index in [1.54, 1.807) is 12.4 Å². The average molecular weight is 202 g/mol. The van der Waals surface area contributed by atoms with Crippen molar-refractivity contribution in [2.75, 3.05) is 0 Å². The van der Waals surface area contributed by atoms with Gasteiger partial charge in [0, 0.05) is 16.8 Å². The molecule has 0 unspecified atom stereocenters. The molecule has 0 aliphatic carbocycles. The third kappa shape index (κ3) is 1.75. The van der Waals surface area contributed by atoms with Crippen molar-refractivity contribution in [1.29, 1.82) is 0 Å². The molecule has 0 aliphatic rings. The Morgan fingerprint density at radius 1 is 1.08 bits per heavy atom. The normalized spacial score (nSPS) is 9.00. The molecule has 3 heteroatoms. The van der Waals surface area contributed by atoms with E-state index in [1.165, 1.54) is 0 Å². The second kappa shape index (κ2) is 4.09. The van der Waals surface area contributed by atoms with Crippen LogP contribution < -0.4 is 4.98 Å². The summed E-state index contributed by atoms with van der Waals surface area (Å²) in [6.45, 7) is 0. The Bertz CT molecular complexity index is 316. The van der Waals surface area contributed by atoms with E-state index in [9.17, 15) is 0 Å². The molecule has 1 heterocycles. The standard InChI is InChI=1S/C9H7N2.Co/c1-2-4-8(5-3-1)9-10-6-7-11-9;/h1-7H;/q-1;. The van der Waals surface area contributed by atoms with Crippen molar-refractivity contribution in [2.24, 2.45) is 0 Å². The Morgan fingerprint density at radius 2 is 1.83 bits per heavy atom. The van der Waals surface area contributed by atoms with Crippen molar-refractivity contribution in [1.82, 2.24) is 9.97 Å². The number of hydrogen-bond donors (Lipinski definition) is 0. The van der Waals surface area contributed by atoms with Gasteiger partial charge < -0.3 is 9.97 Å². The second-order valence-corrected chi connectivity index (χ2v) is 2.25. The first-order valence-electron chi connectivity index (χ1n) is 3.46. The maximum Gasteiger partial charge on any atom is 0 e. The molecule has 0 fully saturated rings. The van der Waals surface area contributed by atoms with Gasteiger partial charge in [0.15, 0.2) is 0 Å². The molecule has 63 valence electrons. The van der Waals surface area contributed by atoms with Crippen LogP contribution in [0.2, 0.25) is 0 Å². The molecule has 0 saturated carbocycles. The van der Waals surface area contributed by atoms with Gasteiger partial charge in [0.1, 0.15) is 0 Å². The Labute approximate surface area is 81.2 Å². The third-order valence-corrected chi connectivity index (χ3v) is 1.49. The van der Waals surface area contributed by atoms with E-state index in [1.807, 2.05) is 30.3 Å². The summed E-state index contributed by atoms with van der Waals surface area (Å²) < 4.78 is 0. The quantitative estimate of drug-likeness (QED) is 0.703. The molecule has 1 aromatic heterocycles. The predicted octanol–water partition coefficient (Wildman–Crippen LogP) is 1.70. The summed E-state index contributed by atoms with van der Waals surface area (Å²) >= 11 is 0. The molecule has 0 saturated heterocycles. The molecule has 1 radical (unpaired) electrons. The zero-order valence-corrected chi connectivity index (χ0v) is 7.31. The van der Waals surface area contributed by atoms with E-state index in [0.29, 0.717) is 0 Å². The molecule has 12 heavy (non-hydrogen) atoms. The molecule has 0 aliphatic heterocycles. The van der Waals surface area contributed by atoms with E-state index in [4.69, 9.17) is 0 Å². The van der Waals surface area contributed by atoms with Crippen LogP contribution in [0.15, 0.2) is 42.7 Å². The number of hydrogen-bond acceptors (Lipinski definition) is 1. The van der Waals surface area contributed by atoms with E-state index >= 15 is 0 Å². The molecule has 2 rings (SSSR count). The molecule has 1 aromatic carbocycles. The maximum atomic E-state index is 4.08. The van der Waals surface area contributed by atoms with Crippen LogP contribution in [0.5, 0.6) is 0 Å². The molecular formula is C9H7CoN2-. The number of aromatic nitrogens is 2. The smallest absolute Gasteiger partial charge is 0 e. The SMILES string of the molecule is [Co].c1ccc(-c2ncc[n-]2)cc1. The Balaban J connectivity index is 0.000000720. The molecular weight excluding hydrogens is 195 g/mol. The minimum atomic E-state index is 0. The van der Waals surface area contributed by atoms with Crippen LogP contribution in [0.1, 0.15) is 0 Å². The molecule has 0 spiro atoms. The fraction of sp³-hybridized carbons (Fsp3) is 0. The molecule has 2 nitrogen and oxygen atoms in total. The van der Waals surface area contributed by atoms with Crippen LogP contribution in [0.25, 0.3) is 11.4 Å². The minimum absolute atomic E-state index is 0. The third-order valence-electron chi connectivity index (χ3n) is 1.49. The molecule has 0 N–H and O–H groups in total. The second-order valence-electron chi connectivity index (χ2n) is 2.25. The number of benzene rings is 1. The average Bonchev–Trinajstić information content (AvgIpc) is 2.58. The van der Waals surface area contributed by atoms with Crippen molar-refractivity contribution in [3.8, 4) is 11.4 Å². The van der Waals surface area contributed by atoms with E-state index < -0.39 is 0 Å². The molecule has 0 amide bonds. The van der Waals surface area contributed by atoms with Gasteiger partial charge in [-0.25, -0.2) is 0 Å². The molecule has 0 bridgehead atoms. The summed E-state index contributed by atoms with van der Waals surface area (Å²) in [4.78, 5) is 8.15. The summed E-state index contributed by atoms with van der Waals surface area (Å²) in [6.07, 6.45) is 3.39. The van der Waals surface area contributed by atoms with E-state index in [2.05, 4.69) is 9.97 Å². The van der Waals surface area contributed by atoms with Gasteiger partial charge in [0.05, 0.1) is 0 Å². The number of nitrogens with zero attached hydrogens (tertiary/aromatic N) is 2. The fourth-order valence-corrected chi connectivity index (χ4v) is 0.977. The van der Waals surface area contributed by atoms with Gasteiger partial charge in [-0.05, 0) is 5.56 Å². The topological polar surface area (TPSA) is 27.0 Å². The van der Waals surface area contributed by atoms with Gasteiger partial charge in [-0.15, -0.1) is 0 Å². The van der Waals surface area contributed by atoms with Gasteiger partial charge in [-0.2, -0.15) is 0 Å². The van der Waals surface area contributed by atoms with Crippen LogP contribution in [-0.4, -0.2) is 4.98 Å². The Hall–Kier alpha value is -1.06. The predicted molar refractivity (Wildman–Crippen MR) is 43.0 cm³/mol. The first-order chi connectivity index (χ1) is 5.47. The number of imidazole rings is 1. The van der Waals surface area contributed by atoms with Gasteiger partial charge >= 0.3 is 0 Å². The van der Waals surface area contributed by atoms with Crippen molar-refractivity contribution < 1.29 is 16.8 Å². The van der Waals surface area contributed by atoms with Crippen molar-refractivity contribution in [3.63, 3.8) is 0 Å². The van der Waals surface area contributed by atoms with Gasteiger partial charge in [-0.3, -0.25) is 0 Å². The Kier molecular flexibility index (Phi) is 3.07. The van der Waals surface area contributed by atoms with Crippen LogP contribution in [-0.2, 0) is 16.8 Å². The van der Waals surface area contributed by atoms with Crippen LogP contribution in [0.3, 0.4) is 0 Å². The largest absolute Gasteiger partial charge is 0.442 e. The van der Waals surface area contributed by atoms with Crippen LogP contribution in [0.4, 0.5) is 0 Å². The summed E-state index contributed by atoms with van der Waals surface area (Å²) in [5.74, 6) is 0.797. The Morgan fingerprint density at radius 3 is 2.42 bits per heavy atom. The van der Waals surface area contributed by atoms with Gasteiger partial charge in [0.2, 0.25) is 0 Å². The first-order valence-corrected chi connectivity index (χ1v) is 3.46. The zero-order valence-electron chi connectivity index (χ0n) is 6.27. The fourth-order valence-electron chi connectivity index (χ4n) is 0.977. The first kappa shape index (κ1) is 9.03. The summed E-state index contributed by atoms with van der Waals surface area (Å²) in [7, 11) is 0. The van der Waals surface area contributed by atoms with Gasteiger partial charge in [0.25, 0.3) is 0 Å². The summed E-state index contributed by atoms with van der Waals surface area (Å²) in [6, 6.07) is 9.93. The zero-order chi connectivity index (χ0) is 7.52. The molecule has 0 atom stereocenters. The van der Waals surface area contributed by atoms with Crippen LogP contribution >= 0.6 is 0 Å². The molecule has 2 aromatic rings. The van der Waals surface area contributed by atoms with Crippen molar-refractivity contribution in [3.05, 3.63) is 42.7 Å². The monoisotopic (exact) mass is 202 g/mol. The van der Waals surface area contributed by atoms with E-state index in [-0.39, 0.29) is 16.8 Å². The number of rotatable bonds is 1. The van der Waals surface area contributed by atoms with E-state index in [0.717, 1.165) is 11.4 Å². The van der Waals surface area contributed by atoms with Crippen LogP contribution in [0, 0.1) is 0 Å². The van der Waals surface area contributed by atoms with Crippen molar-refractivity contribution >= 4 is 0 Å². The summed E-state index contributed by atoms with van der Waals surface area (Å²) in [5.41, 5.74) is 1.07. The van der Waals surface area contributed by atoms with Gasteiger partial charge in [-0.1, -0.05) is 48.5 Å². The van der Waals surface area contributed by atoms with Crippen molar-refractivity contribution in [2.45, 2.75) is 0 Å². The minimum Gasteiger partial charge on any atom is -0.442 e.